The molecule has 0 amide bonds. The quantitative estimate of drug-likeness (QED) is 0.837. The molecule has 2 atom stereocenters. The number of benzene rings is 1. The van der Waals surface area contributed by atoms with Gasteiger partial charge in [-0.2, -0.15) is 5.26 Å². The van der Waals surface area contributed by atoms with Crippen LogP contribution in [-0.4, -0.2) is 37.0 Å². The number of nitriles is 1. The van der Waals surface area contributed by atoms with Gasteiger partial charge in [0.25, 0.3) is 0 Å². The SMILES string of the molecule is COc1cc2c(cc1OC)[C@H]1[C@@H](C#N)C(=O)C(C)(C)N1CC2. The topological polar surface area (TPSA) is 62.6 Å². The van der Waals surface area contributed by atoms with E-state index in [0.717, 1.165) is 24.1 Å². The van der Waals surface area contributed by atoms with Crippen LogP contribution in [0.2, 0.25) is 0 Å². The highest BCUT2D eigenvalue weighted by Crippen LogP contribution is 2.49. The number of fused-ring (bicyclic) bond motifs is 3. The third-order valence-electron chi connectivity index (χ3n) is 4.98. The van der Waals surface area contributed by atoms with E-state index >= 15 is 0 Å². The van der Waals surface area contributed by atoms with Crippen LogP contribution in [0, 0.1) is 17.2 Å². The molecule has 116 valence electrons. The van der Waals surface area contributed by atoms with Gasteiger partial charge < -0.3 is 9.47 Å². The van der Waals surface area contributed by atoms with Crippen LogP contribution < -0.4 is 9.47 Å². The van der Waals surface area contributed by atoms with Crippen molar-refractivity contribution in [2.45, 2.75) is 31.8 Å². The van der Waals surface area contributed by atoms with Gasteiger partial charge in [0.1, 0.15) is 5.92 Å². The Morgan fingerprint density at radius 2 is 1.91 bits per heavy atom. The first-order valence-corrected chi connectivity index (χ1v) is 7.41. The fourth-order valence-electron chi connectivity index (χ4n) is 3.76. The molecular weight excluding hydrogens is 280 g/mol. The Morgan fingerprint density at radius 1 is 1.27 bits per heavy atom. The van der Waals surface area contributed by atoms with Crippen LogP contribution in [0.4, 0.5) is 0 Å². The van der Waals surface area contributed by atoms with E-state index in [2.05, 4.69) is 11.0 Å². The van der Waals surface area contributed by atoms with Crippen molar-refractivity contribution in [3.05, 3.63) is 23.3 Å². The number of nitrogens with zero attached hydrogens (tertiary/aromatic N) is 2. The van der Waals surface area contributed by atoms with Gasteiger partial charge in [0.15, 0.2) is 17.3 Å². The van der Waals surface area contributed by atoms with Gasteiger partial charge in [-0.25, -0.2) is 0 Å². The van der Waals surface area contributed by atoms with Crippen LogP contribution in [0.5, 0.6) is 11.5 Å². The second kappa shape index (κ2) is 4.99. The lowest BCUT2D eigenvalue weighted by Crippen LogP contribution is -2.46. The molecule has 0 spiro atoms. The minimum Gasteiger partial charge on any atom is -0.493 e. The molecule has 2 aliphatic heterocycles. The van der Waals surface area contributed by atoms with Gasteiger partial charge in [0.2, 0.25) is 0 Å². The minimum absolute atomic E-state index is 0.00244. The predicted molar refractivity (Wildman–Crippen MR) is 80.9 cm³/mol. The zero-order chi connectivity index (χ0) is 16.1. The smallest absolute Gasteiger partial charge is 0.171 e. The number of carbonyl (C=O) groups excluding carboxylic acids is 1. The molecule has 5 nitrogen and oxygen atoms in total. The van der Waals surface area contributed by atoms with Gasteiger partial charge in [-0.3, -0.25) is 9.69 Å². The lowest BCUT2D eigenvalue weighted by molar-refractivity contribution is -0.125. The van der Waals surface area contributed by atoms with Gasteiger partial charge >= 0.3 is 0 Å². The summed E-state index contributed by atoms with van der Waals surface area (Å²) >= 11 is 0. The Kier molecular flexibility index (Phi) is 3.37. The summed E-state index contributed by atoms with van der Waals surface area (Å²) in [5, 5.41) is 9.51. The monoisotopic (exact) mass is 300 g/mol. The number of carbonyl (C=O) groups is 1. The molecule has 3 rings (SSSR count). The Labute approximate surface area is 130 Å². The number of ketones is 1. The number of ether oxygens (including phenoxy) is 2. The number of rotatable bonds is 2. The zero-order valence-corrected chi connectivity index (χ0v) is 13.3. The van der Waals surface area contributed by atoms with Crippen molar-refractivity contribution < 1.29 is 14.3 Å². The second-order valence-corrected chi connectivity index (χ2v) is 6.32. The van der Waals surface area contributed by atoms with Crippen molar-refractivity contribution in [3.63, 3.8) is 0 Å². The Hall–Kier alpha value is -2.06. The van der Waals surface area contributed by atoms with E-state index in [1.165, 1.54) is 0 Å². The van der Waals surface area contributed by atoms with Crippen LogP contribution >= 0.6 is 0 Å². The molecule has 0 saturated carbocycles. The maximum Gasteiger partial charge on any atom is 0.171 e. The van der Waals surface area contributed by atoms with Crippen LogP contribution in [0.15, 0.2) is 12.1 Å². The van der Waals surface area contributed by atoms with Crippen LogP contribution in [0.1, 0.15) is 31.0 Å². The highest BCUT2D eigenvalue weighted by atomic mass is 16.5. The summed E-state index contributed by atoms with van der Waals surface area (Å²) < 4.78 is 10.7. The molecule has 0 N–H and O–H groups in total. The van der Waals surface area contributed by atoms with E-state index in [1.807, 2.05) is 26.0 Å². The minimum atomic E-state index is -0.632. The highest BCUT2D eigenvalue weighted by molar-refractivity contribution is 5.95. The van der Waals surface area contributed by atoms with Gasteiger partial charge in [-0.05, 0) is 43.5 Å². The summed E-state index contributed by atoms with van der Waals surface area (Å²) in [6.45, 7) is 4.58. The molecule has 2 heterocycles. The first-order valence-electron chi connectivity index (χ1n) is 7.41. The van der Waals surface area contributed by atoms with E-state index in [-0.39, 0.29) is 11.8 Å². The molecule has 0 aromatic heterocycles. The average molecular weight is 300 g/mol. The molecule has 0 bridgehead atoms. The molecular formula is C17H20N2O3. The molecule has 1 aromatic carbocycles. The number of methoxy groups -OCH3 is 2. The molecule has 0 unspecified atom stereocenters. The van der Waals surface area contributed by atoms with Gasteiger partial charge in [-0.15, -0.1) is 0 Å². The standard InChI is InChI=1S/C17H20N2O3/c1-17(2)16(20)12(9-18)15-11-8-14(22-4)13(21-3)7-10(11)5-6-19(15)17/h7-8,12,15H,5-6H2,1-4H3/t12-,15+/m1/s1. The third kappa shape index (κ3) is 1.84. The summed E-state index contributed by atoms with van der Waals surface area (Å²) in [7, 11) is 3.20. The van der Waals surface area contributed by atoms with Crippen molar-refractivity contribution >= 4 is 5.78 Å². The van der Waals surface area contributed by atoms with Crippen molar-refractivity contribution in [2.75, 3.05) is 20.8 Å². The molecule has 1 aromatic rings. The summed E-state index contributed by atoms with van der Waals surface area (Å²) in [5.41, 5.74) is 1.54. The molecule has 0 aliphatic carbocycles. The molecule has 2 aliphatic rings. The van der Waals surface area contributed by atoms with E-state index in [4.69, 9.17) is 9.47 Å². The maximum absolute atomic E-state index is 12.6. The average Bonchev–Trinajstić information content (AvgIpc) is 2.72. The van der Waals surface area contributed by atoms with Gasteiger partial charge in [0.05, 0.1) is 31.9 Å². The summed E-state index contributed by atoms with van der Waals surface area (Å²) in [6.07, 6.45) is 0.834. The van der Waals surface area contributed by atoms with E-state index < -0.39 is 11.5 Å². The second-order valence-electron chi connectivity index (χ2n) is 6.32. The molecule has 22 heavy (non-hydrogen) atoms. The largest absolute Gasteiger partial charge is 0.493 e. The lowest BCUT2D eigenvalue weighted by Gasteiger charge is -2.39. The van der Waals surface area contributed by atoms with Crippen molar-refractivity contribution in [3.8, 4) is 17.6 Å². The predicted octanol–water partition coefficient (Wildman–Crippen LogP) is 2.10. The molecule has 0 radical (unpaired) electrons. The molecule has 1 fully saturated rings. The van der Waals surface area contributed by atoms with E-state index in [9.17, 15) is 10.1 Å². The van der Waals surface area contributed by atoms with E-state index in [0.29, 0.717) is 11.5 Å². The van der Waals surface area contributed by atoms with Crippen molar-refractivity contribution in [2.24, 2.45) is 5.92 Å². The fraction of sp³-hybridized carbons (Fsp3) is 0.529. The fourth-order valence-corrected chi connectivity index (χ4v) is 3.76. The van der Waals surface area contributed by atoms with Crippen LogP contribution in [-0.2, 0) is 11.2 Å². The Bertz CT molecular complexity index is 675. The normalized spacial score (nSPS) is 26.0. The number of Topliss-reactive ketones (excluding diaryl/α,β-unsaturated/α-hetero) is 1. The summed E-state index contributed by atoms with van der Waals surface area (Å²) in [5.74, 6) is 0.693. The Morgan fingerprint density at radius 3 is 2.50 bits per heavy atom. The van der Waals surface area contributed by atoms with Crippen LogP contribution in [0.3, 0.4) is 0 Å². The van der Waals surface area contributed by atoms with Gasteiger partial charge in [-0.1, -0.05) is 0 Å². The van der Waals surface area contributed by atoms with Crippen LogP contribution in [0.25, 0.3) is 0 Å². The lowest BCUT2D eigenvalue weighted by atomic mass is 9.86. The van der Waals surface area contributed by atoms with E-state index in [1.54, 1.807) is 14.2 Å². The van der Waals surface area contributed by atoms with Gasteiger partial charge in [0, 0.05) is 6.54 Å². The molecule has 1 saturated heterocycles. The first kappa shape index (κ1) is 14.9. The first-order chi connectivity index (χ1) is 10.5. The van der Waals surface area contributed by atoms with Crippen molar-refractivity contribution in [1.82, 2.24) is 4.90 Å². The maximum atomic E-state index is 12.6. The van der Waals surface area contributed by atoms with Crippen molar-refractivity contribution in [1.29, 1.82) is 5.26 Å². The third-order valence-corrected chi connectivity index (χ3v) is 4.98. The zero-order valence-electron chi connectivity index (χ0n) is 13.3. The summed E-state index contributed by atoms with van der Waals surface area (Å²) in [4.78, 5) is 14.7. The molecule has 5 heteroatoms. The summed E-state index contributed by atoms with van der Waals surface area (Å²) in [6, 6.07) is 5.90. The Balaban J connectivity index is 2.17. The number of hydrogen-bond acceptors (Lipinski definition) is 5. The highest BCUT2D eigenvalue weighted by Gasteiger charge is 2.55. The number of hydrogen-bond donors (Lipinski definition) is 0.